The van der Waals surface area contributed by atoms with E-state index < -0.39 is 0 Å². The molecule has 0 bridgehead atoms. The third-order valence-electron chi connectivity index (χ3n) is 2.17. The van der Waals surface area contributed by atoms with Crippen molar-refractivity contribution < 1.29 is 4.79 Å². The predicted octanol–water partition coefficient (Wildman–Crippen LogP) is 1.20. The molecule has 1 unspecified atom stereocenters. The molecule has 0 aliphatic carbocycles. The summed E-state index contributed by atoms with van der Waals surface area (Å²) in [5.41, 5.74) is 0. The summed E-state index contributed by atoms with van der Waals surface area (Å²) in [5, 5.41) is 5.83. The molecular weight excluding hydrogens is 178 g/mol. The standard InChI is InChI=1S/C10H17N3O/c1-3-8(7-11-2)10(14)13-9-5-4-6-12-9/h4-6,8,11-12H,3,7H2,1-2H3,(H,13,14). The summed E-state index contributed by atoms with van der Waals surface area (Å²) >= 11 is 0. The molecule has 1 atom stereocenters. The normalized spacial score (nSPS) is 12.4. The van der Waals surface area contributed by atoms with E-state index in [9.17, 15) is 4.79 Å². The first-order chi connectivity index (χ1) is 6.77. The number of carbonyl (C=O) groups excluding carboxylic acids is 1. The van der Waals surface area contributed by atoms with E-state index in [0.29, 0.717) is 6.54 Å². The van der Waals surface area contributed by atoms with Gasteiger partial charge in [-0.1, -0.05) is 6.92 Å². The second-order valence-electron chi connectivity index (χ2n) is 3.24. The number of hydrogen-bond acceptors (Lipinski definition) is 2. The van der Waals surface area contributed by atoms with Gasteiger partial charge in [-0.05, 0) is 25.6 Å². The molecule has 1 rings (SSSR count). The van der Waals surface area contributed by atoms with E-state index in [0.717, 1.165) is 12.2 Å². The van der Waals surface area contributed by atoms with Crippen LogP contribution in [0.25, 0.3) is 0 Å². The summed E-state index contributed by atoms with van der Waals surface area (Å²) in [4.78, 5) is 14.6. The Morgan fingerprint density at radius 1 is 1.64 bits per heavy atom. The van der Waals surface area contributed by atoms with Gasteiger partial charge in [-0.25, -0.2) is 0 Å². The summed E-state index contributed by atoms with van der Waals surface area (Å²) in [5.74, 6) is 0.845. The third-order valence-corrected chi connectivity index (χ3v) is 2.17. The van der Waals surface area contributed by atoms with Crippen LogP contribution >= 0.6 is 0 Å². The topological polar surface area (TPSA) is 56.9 Å². The van der Waals surface area contributed by atoms with Crippen molar-refractivity contribution >= 4 is 11.7 Å². The number of anilines is 1. The molecule has 4 heteroatoms. The molecule has 1 heterocycles. The minimum absolute atomic E-state index is 0.0308. The largest absolute Gasteiger partial charge is 0.348 e. The fourth-order valence-corrected chi connectivity index (χ4v) is 1.31. The number of amides is 1. The first-order valence-electron chi connectivity index (χ1n) is 4.86. The second-order valence-corrected chi connectivity index (χ2v) is 3.24. The molecule has 1 aromatic heterocycles. The maximum atomic E-state index is 11.7. The Labute approximate surface area is 84.1 Å². The number of hydrogen-bond donors (Lipinski definition) is 3. The van der Waals surface area contributed by atoms with E-state index in [4.69, 9.17) is 0 Å². The molecule has 0 aliphatic rings. The van der Waals surface area contributed by atoms with Gasteiger partial charge in [0, 0.05) is 12.7 Å². The Bertz CT molecular complexity index is 269. The quantitative estimate of drug-likeness (QED) is 0.661. The van der Waals surface area contributed by atoms with Gasteiger partial charge in [0.25, 0.3) is 0 Å². The summed E-state index contributed by atoms with van der Waals surface area (Å²) in [6.45, 7) is 2.72. The van der Waals surface area contributed by atoms with Gasteiger partial charge >= 0.3 is 0 Å². The molecule has 1 aromatic rings. The summed E-state index contributed by atoms with van der Waals surface area (Å²) in [6.07, 6.45) is 2.63. The van der Waals surface area contributed by atoms with Crippen LogP contribution in [0, 0.1) is 5.92 Å². The molecule has 1 amide bonds. The van der Waals surface area contributed by atoms with Gasteiger partial charge in [-0.2, -0.15) is 0 Å². The zero-order valence-electron chi connectivity index (χ0n) is 8.63. The lowest BCUT2D eigenvalue weighted by molar-refractivity contribution is -0.119. The summed E-state index contributed by atoms with van der Waals surface area (Å²) < 4.78 is 0. The SMILES string of the molecule is CCC(CNC)C(=O)Nc1ccc[nH]1. The number of H-pyrrole nitrogens is 1. The van der Waals surface area contributed by atoms with E-state index in [1.807, 2.05) is 26.1 Å². The van der Waals surface area contributed by atoms with Gasteiger partial charge < -0.3 is 15.6 Å². The second kappa shape index (κ2) is 5.44. The van der Waals surface area contributed by atoms with Crippen LogP contribution in [0.3, 0.4) is 0 Å². The molecule has 0 spiro atoms. The van der Waals surface area contributed by atoms with Crippen LogP contribution in [0.2, 0.25) is 0 Å². The molecule has 0 radical (unpaired) electrons. The van der Waals surface area contributed by atoms with Crippen molar-refractivity contribution in [3.05, 3.63) is 18.3 Å². The first kappa shape index (κ1) is 10.8. The van der Waals surface area contributed by atoms with Gasteiger partial charge in [0.1, 0.15) is 5.82 Å². The Kier molecular flexibility index (Phi) is 4.19. The lowest BCUT2D eigenvalue weighted by Crippen LogP contribution is -2.30. The molecular formula is C10H17N3O. The average Bonchev–Trinajstić information content (AvgIpc) is 2.66. The first-order valence-corrected chi connectivity index (χ1v) is 4.86. The van der Waals surface area contributed by atoms with Crippen molar-refractivity contribution in [2.45, 2.75) is 13.3 Å². The van der Waals surface area contributed by atoms with E-state index in [1.165, 1.54) is 0 Å². The maximum absolute atomic E-state index is 11.7. The fraction of sp³-hybridized carbons (Fsp3) is 0.500. The van der Waals surface area contributed by atoms with Crippen molar-refractivity contribution in [1.82, 2.24) is 10.3 Å². The van der Waals surface area contributed by atoms with Crippen LogP contribution < -0.4 is 10.6 Å². The number of aromatic nitrogens is 1. The molecule has 14 heavy (non-hydrogen) atoms. The Balaban J connectivity index is 2.47. The highest BCUT2D eigenvalue weighted by Gasteiger charge is 2.15. The number of nitrogens with one attached hydrogen (secondary N) is 3. The van der Waals surface area contributed by atoms with Gasteiger partial charge in [0.05, 0.1) is 5.92 Å². The van der Waals surface area contributed by atoms with Gasteiger partial charge in [-0.3, -0.25) is 4.79 Å². The Morgan fingerprint density at radius 2 is 2.43 bits per heavy atom. The van der Waals surface area contributed by atoms with Crippen LogP contribution in [-0.4, -0.2) is 24.5 Å². The van der Waals surface area contributed by atoms with E-state index in [-0.39, 0.29) is 11.8 Å². The zero-order valence-corrected chi connectivity index (χ0v) is 8.63. The summed E-state index contributed by atoms with van der Waals surface area (Å²) in [6, 6.07) is 3.69. The predicted molar refractivity (Wildman–Crippen MR) is 57.1 cm³/mol. The van der Waals surface area contributed by atoms with Crippen LogP contribution in [0.5, 0.6) is 0 Å². The average molecular weight is 195 g/mol. The van der Waals surface area contributed by atoms with E-state index >= 15 is 0 Å². The van der Waals surface area contributed by atoms with Crippen molar-refractivity contribution in [2.24, 2.45) is 5.92 Å². The molecule has 0 aliphatic heterocycles. The Hall–Kier alpha value is -1.29. The molecule has 0 aromatic carbocycles. The molecule has 3 N–H and O–H groups in total. The molecule has 0 fully saturated rings. The summed E-state index contributed by atoms with van der Waals surface area (Å²) in [7, 11) is 1.85. The highest BCUT2D eigenvalue weighted by molar-refractivity contribution is 5.91. The maximum Gasteiger partial charge on any atom is 0.229 e. The van der Waals surface area contributed by atoms with Crippen LogP contribution in [0.15, 0.2) is 18.3 Å². The van der Waals surface area contributed by atoms with Crippen LogP contribution in [0.1, 0.15) is 13.3 Å². The highest BCUT2D eigenvalue weighted by atomic mass is 16.1. The van der Waals surface area contributed by atoms with Crippen LogP contribution in [0.4, 0.5) is 5.82 Å². The van der Waals surface area contributed by atoms with Crippen molar-refractivity contribution in [3.8, 4) is 0 Å². The highest BCUT2D eigenvalue weighted by Crippen LogP contribution is 2.07. The minimum atomic E-state index is 0.0308. The van der Waals surface area contributed by atoms with Crippen molar-refractivity contribution in [2.75, 3.05) is 18.9 Å². The number of carbonyl (C=O) groups is 1. The fourth-order valence-electron chi connectivity index (χ4n) is 1.31. The van der Waals surface area contributed by atoms with Gasteiger partial charge in [0.2, 0.25) is 5.91 Å². The lowest BCUT2D eigenvalue weighted by atomic mass is 10.1. The van der Waals surface area contributed by atoms with Crippen molar-refractivity contribution in [1.29, 1.82) is 0 Å². The number of aromatic amines is 1. The lowest BCUT2D eigenvalue weighted by Gasteiger charge is -2.13. The Morgan fingerprint density at radius 3 is 2.93 bits per heavy atom. The molecule has 0 saturated carbocycles. The molecule has 78 valence electrons. The molecule has 0 saturated heterocycles. The van der Waals surface area contributed by atoms with Crippen LogP contribution in [-0.2, 0) is 4.79 Å². The van der Waals surface area contributed by atoms with E-state index in [1.54, 1.807) is 6.20 Å². The van der Waals surface area contributed by atoms with E-state index in [2.05, 4.69) is 15.6 Å². The third kappa shape index (κ3) is 2.88. The van der Waals surface area contributed by atoms with Gasteiger partial charge in [-0.15, -0.1) is 0 Å². The molecule has 4 nitrogen and oxygen atoms in total. The smallest absolute Gasteiger partial charge is 0.229 e. The minimum Gasteiger partial charge on any atom is -0.348 e. The van der Waals surface area contributed by atoms with Gasteiger partial charge in [0.15, 0.2) is 0 Å². The van der Waals surface area contributed by atoms with Crippen molar-refractivity contribution in [3.63, 3.8) is 0 Å². The monoisotopic (exact) mass is 195 g/mol. The number of rotatable bonds is 5. The zero-order chi connectivity index (χ0) is 10.4.